The number of ether oxygens (including phenoxy) is 4. The molecule has 0 radical (unpaired) electrons. The molecule has 0 atom stereocenters. The van der Waals surface area contributed by atoms with Crippen molar-refractivity contribution in [1.29, 1.82) is 0 Å². The summed E-state index contributed by atoms with van der Waals surface area (Å²) in [5, 5.41) is 2.56. The Hall–Kier alpha value is -3.92. The Kier molecular flexibility index (Phi) is 9.56. The van der Waals surface area contributed by atoms with Crippen LogP contribution in [0.1, 0.15) is 0 Å². The molecule has 42 heavy (non-hydrogen) atoms. The highest BCUT2D eigenvalue weighted by Crippen LogP contribution is 2.33. The highest BCUT2D eigenvalue weighted by atomic mass is 32.2. The number of amides is 1. The monoisotopic (exact) mass is 623 g/mol. The number of hydrogen-bond donors (Lipinski definition) is 1. The number of hydrogen-bond acceptors (Lipinski definition) is 9. The van der Waals surface area contributed by atoms with E-state index in [1.54, 1.807) is 0 Å². The van der Waals surface area contributed by atoms with Crippen LogP contribution in [-0.4, -0.2) is 81.2 Å². The molecular formula is C27H30FN3O9S2. The number of benzene rings is 3. The molecule has 1 aliphatic rings. The van der Waals surface area contributed by atoms with Gasteiger partial charge in [-0.05, 0) is 54.6 Å². The van der Waals surface area contributed by atoms with Gasteiger partial charge in [0.1, 0.15) is 23.0 Å². The summed E-state index contributed by atoms with van der Waals surface area (Å²) in [6.45, 7) is 0.0722. The minimum absolute atomic E-state index is 0.0200. The van der Waals surface area contributed by atoms with Crippen LogP contribution in [0, 0.1) is 5.82 Å². The van der Waals surface area contributed by atoms with E-state index in [0.29, 0.717) is 5.75 Å². The number of carbonyl (C=O) groups is 1. The number of nitrogens with zero attached hydrogens (tertiary/aromatic N) is 2. The van der Waals surface area contributed by atoms with Crippen molar-refractivity contribution in [1.82, 2.24) is 4.31 Å². The van der Waals surface area contributed by atoms with Gasteiger partial charge in [0.15, 0.2) is 11.5 Å². The minimum atomic E-state index is -4.39. The van der Waals surface area contributed by atoms with Crippen LogP contribution in [0.15, 0.2) is 70.5 Å². The lowest BCUT2D eigenvalue weighted by molar-refractivity contribution is -0.114. The summed E-state index contributed by atoms with van der Waals surface area (Å²) < 4.78 is 90.8. The second kappa shape index (κ2) is 12.9. The summed E-state index contributed by atoms with van der Waals surface area (Å²) in [7, 11) is -4.31. The third-order valence-electron chi connectivity index (χ3n) is 6.38. The predicted molar refractivity (Wildman–Crippen MR) is 152 cm³/mol. The van der Waals surface area contributed by atoms with Crippen LogP contribution in [0.5, 0.6) is 17.2 Å². The zero-order valence-corrected chi connectivity index (χ0v) is 24.7. The third kappa shape index (κ3) is 6.59. The zero-order chi connectivity index (χ0) is 30.5. The van der Waals surface area contributed by atoms with Gasteiger partial charge < -0.3 is 24.3 Å². The molecule has 1 saturated heterocycles. The van der Waals surface area contributed by atoms with Crippen LogP contribution >= 0.6 is 0 Å². The molecule has 1 amide bonds. The van der Waals surface area contributed by atoms with Gasteiger partial charge in [0, 0.05) is 24.8 Å². The third-order valence-corrected chi connectivity index (χ3v) is 10.1. The first kappa shape index (κ1) is 31.0. The molecule has 3 aromatic carbocycles. The molecule has 1 aliphatic heterocycles. The topological polar surface area (TPSA) is 141 Å². The summed E-state index contributed by atoms with van der Waals surface area (Å²) in [5.41, 5.74) is 0.113. The van der Waals surface area contributed by atoms with Gasteiger partial charge in [-0.2, -0.15) is 4.31 Å². The van der Waals surface area contributed by atoms with Crippen molar-refractivity contribution in [3.63, 3.8) is 0 Å². The maximum Gasteiger partial charge on any atom is 0.264 e. The Morgan fingerprint density at radius 3 is 2.12 bits per heavy atom. The Labute approximate surface area is 243 Å². The number of anilines is 2. The SMILES string of the molecule is COc1ccc(S(=O)(=O)N(CC(=O)Nc2ccc(OC)c(S(=O)(=O)N3CCOCC3)c2)c2ccc(F)cc2)cc1OC. The molecule has 3 aromatic rings. The van der Waals surface area contributed by atoms with Gasteiger partial charge in [0.25, 0.3) is 10.0 Å². The molecule has 0 bridgehead atoms. The first-order valence-electron chi connectivity index (χ1n) is 12.6. The largest absolute Gasteiger partial charge is 0.495 e. The van der Waals surface area contributed by atoms with Crippen LogP contribution < -0.4 is 23.8 Å². The second-order valence-electron chi connectivity index (χ2n) is 8.94. The van der Waals surface area contributed by atoms with Gasteiger partial charge in [0.05, 0.1) is 45.1 Å². The molecule has 0 saturated carbocycles. The van der Waals surface area contributed by atoms with Crippen LogP contribution in [0.25, 0.3) is 0 Å². The molecule has 15 heteroatoms. The normalized spacial score (nSPS) is 14.2. The lowest BCUT2D eigenvalue weighted by Gasteiger charge is -2.27. The van der Waals surface area contributed by atoms with Crippen molar-refractivity contribution >= 4 is 37.3 Å². The molecule has 0 aliphatic carbocycles. The van der Waals surface area contributed by atoms with Crippen molar-refractivity contribution in [3.8, 4) is 17.2 Å². The molecule has 4 rings (SSSR count). The van der Waals surface area contributed by atoms with E-state index in [-0.39, 0.29) is 59.0 Å². The van der Waals surface area contributed by atoms with Gasteiger partial charge in [-0.1, -0.05) is 0 Å². The molecule has 1 fully saturated rings. The predicted octanol–water partition coefficient (Wildman–Crippen LogP) is 2.71. The second-order valence-corrected chi connectivity index (χ2v) is 12.7. The van der Waals surface area contributed by atoms with E-state index in [9.17, 15) is 26.0 Å². The first-order valence-corrected chi connectivity index (χ1v) is 15.5. The van der Waals surface area contributed by atoms with Crippen LogP contribution in [-0.2, 0) is 29.6 Å². The average Bonchev–Trinajstić information content (AvgIpc) is 3.00. The van der Waals surface area contributed by atoms with Crippen LogP contribution in [0.4, 0.5) is 15.8 Å². The molecule has 1 N–H and O–H groups in total. The van der Waals surface area contributed by atoms with Crippen molar-refractivity contribution in [2.24, 2.45) is 0 Å². The molecular weight excluding hydrogens is 593 g/mol. The maximum atomic E-state index is 13.8. The molecule has 226 valence electrons. The van der Waals surface area contributed by atoms with E-state index < -0.39 is 38.3 Å². The Morgan fingerprint density at radius 1 is 0.881 bits per heavy atom. The number of methoxy groups -OCH3 is 3. The molecule has 0 unspecified atom stereocenters. The van der Waals surface area contributed by atoms with Gasteiger partial charge >= 0.3 is 0 Å². The standard InChI is InChI=1S/C27H30FN3O9S2/c1-37-23-11-9-22(17-25(23)39-3)41(33,34)31(21-7-4-19(28)5-8-21)18-27(32)29-20-6-10-24(38-2)26(16-20)42(35,36)30-12-14-40-15-13-30/h4-11,16-17H,12-15,18H2,1-3H3,(H,29,32). The lowest BCUT2D eigenvalue weighted by Crippen LogP contribution is -2.40. The van der Waals surface area contributed by atoms with Crippen LogP contribution in [0.2, 0.25) is 0 Å². The Morgan fingerprint density at radius 2 is 1.50 bits per heavy atom. The Balaban J connectivity index is 1.66. The highest BCUT2D eigenvalue weighted by molar-refractivity contribution is 7.92. The van der Waals surface area contributed by atoms with E-state index in [2.05, 4.69) is 5.32 Å². The number of morpholine rings is 1. The summed E-state index contributed by atoms with van der Waals surface area (Å²) in [6, 6.07) is 12.6. The van der Waals surface area contributed by atoms with E-state index in [1.807, 2.05) is 0 Å². The number of halogens is 1. The summed E-state index contributed by atoms with van der Waals surface area (Å²) >= 11 is 0. The highest BCUT2D eigenvalue weighted by Gasteiger charge is 2.31. The Bertz CT molecular complexity index is 1640. The fourth-order valence-corrected chi connectivity index (χ4v) is 7.27. The van der Waals surface area contributed by atoms with Gasteiger partial charge in [-0.25, -0.2) is 21.2 Å². The van der Waals surface area contributed by atoms with Crippen molar-refractivity contribution in [2.45, 2.75) is 9.79 Å². The molecule has 0 aromatic heterocycles. The van der Waals surface area contributed by atoms with Gasteiger partial charge in [-0.15, -0.1) is 0 Å². The van der Waals surface area contributed by atoms with Gasteiger partial charge in [-0.3, -0.25) is 9.10 Å². The zero-order valence-electron chi connectivity index (χ0n) is 23.1. The lowest BCUT2D eigenvalue weighted by atomic mass is 10.3. The molecule has 0 spiro atoms. The first-order chi connectivity index (χ1) is 20.0. The summed E-state index contributed by atoms with van der Waals surface area (Å²) in [5.74, 6) is -0.871. The number of sulfonamides is 2. The van der Waals surface area contributed by atoms with E-state index in [1.165, 1.54) is 74.2 Å². The van der Waals surface area contributed by atoms with Crippen molar-refractivity contribution in [3.05, 3.63) is 66.5 Å². The maximum absolute atomic E-state index is 13.8. The van der Waals surface area contributed by atoms with Crippen LogP contribution in [0.3, 0.4) is 0 Å². The number of nitrogens with one attached hydrogen (secondary N) is 1. The van der Waals surface area contributed by atoms with Crippen molar-refractivity contribution < 1.29 is 45.0 Å². The van der Waals surface area contributed by atoms with E-state index >= 15 is 0 Å². The summed E-state index contributed by atoms with van der Waals surface area (Å²) in [4.78, 5) is 12.9. The van der Waals surface area contributed by atoms with E-state index in [0.717, 1.165) is 16.4 Å². The van der Waals surface area contributed by atoms with E-state index in [4.69, 9.17) is 18.9 Å². The van der Waals surface area contributed by atoms with Crippen molar-refractivity contribution in [2.75, 3.05) is 63.8 Å². The number of carbonyl (C=O) groups excluding carboxylic acids is 1. The quantitative estimate of drug-likeness (QED) is 0.341. The number of rotatable bonds is 11. The minimum Gasteiger partial charge on any atom is -0.495 e. The van der Waals surface area contributed by atoms with Gasteiger partial charge in [0.2, 0.25) is 15.9 Å². The smallest absolute Gasteiger partial charge is 0.264 e. The molecule has 1 heterocycles. The fourth-order valence-electron chi connectivity index (χ4n) is 4.24. The fraction of sp³-hybridized carbons (Fsp3) is 0.296. The summed E-state index contributed by atoms with van der Waals surface area (Å²) in [6.07, 6.45) is 0. The molecule has 12 nitrogen and oxygen atoms in total. The average molecular weight is 624 g/mol.